The van der Waals surface area contributed by atoms with E-state index in [0.717, 1.165) is 16.7 Å². The zero-order valence-corrected chi connectivity index (χ0v) is 22.9. The van der Waals surface area contributed by atoms with Crippen LogP contribution in [0, 0.1) is 0 Å². The molecule has 5 rings (SSSR count). The second kappa shape index (κ2) is 12.7. The van der Waals surface area contributed by atoms with Crippen molar-refractivity contribution in [2.45, 2.75) is 88.7 Å². The molecule has 1 heterocycles. The predicted molar refractivity (Wildman–Crippen MR) is 149 cm³/mol. The van der Waals surface area contributed by atoms with Crippen LogP contribution in [0.2, 0.25) is 0 Å². The molecule has 1 saturated heterocycles. The Bertz CT molecular complexity index is 1140. The quantitative estimate of drug-likeness (QED) is 0.318. The van der Waals surface area contributed by atoms with Crippen LogP contribution in [0.15, 0.2) is 91.0 Å². The van der Waals surface area contributed by atoms with E-state index in [2.05, 4.69) is 13.8 Å². The zero-order chi connectivity index (χ0) is 27.1. The first-order chi connectivity index (χ1) is 19.0. The van der Waals surface area contributed by atoms with Gasteiger partial charge < -0.3 is 28.8 Å². The van der Waals surface area contributed by atoms with Gasteiger partial charge in [-0.15, -0.1) is 0 Å². The first-order valence-electron chi connectivity index (χ1n) is 14.0. The molecule has 1 N–H and O–H groups in total. The van der Waals surface area contributed by atoms with Gasteiger partial charge in [0.05, 0.1) is 32.5 Å². The van der Waals surface area contributed by atoms with E-state index in [1.807, 2.05) is 91.0 Å². The molecule has 6 heteroatoms. The van der Waals surface area contributed by atoms with E-state index in [1.54, 1.807) is 0 Å². The Balaban J connectivity index is 1.42. The number of fused-ring (bicyclic) bond motifs is 1. The summed E-state index contributed by atoms with van der Waals surface area (Å²) in [6.07, 6.45) is -0.208. The summed E-state index contributed by atoms with van der Waals surface area (Å²) in [6, 6.07) is 30.0. The van der Waals surface area contributed by atoms with Gasteiger partial charge in [-0.25, -0.2) is 0 Å². The second-order valence-corrected chi connectivity index (χ2v) is 10.6. The fourth-order valence-electron chi connectivity index (χ4n) is 5.68. The van der Waals surface area contributed by atoms with E-state index < -0.39 is 23.6 Å². The third-order valence-electron chi connectivity index (χ3n) is 7.89. The molecule has 208 valence electrons. The van der Waals surface area contributed by atoms with Gasteiger partial charge in [0.25, 0.3) is 0 Å². The molecule has 1 aliphatic carbocycles. The number of hydrogen-bond acceptors (Lipinski definition) is 6. The minimum Gasteiger partial charge on any atom is -0.385 e. The van der Waals surface area contributed by atoms with Crippen molar-refractivity contribution in [2.24, 2.45) is 0 Å². The summed E-state index contributed by atoms with van der Waals surface area (Å²) in [5, 5.41) is 12.3. The lowest BCUT2D eigenvalue weighted by Crippen LogP contribution is -2.65. The van der Waals surface area contributed by atoms with Gasteiger partial charge in [0.2, 0.25) is 0 Å². The Morgan fingerprint density at radius 2 is 1.23 bits per heavy atom. The highest BCUT2D eigenvalue weighted by molar-refractivity contribution is 5.17. The summed E-state index contributed by atoms with van der Waals surface area (Å²) in [7, 11) is 0. The highest BCUT2D eigenvalue weighted by Gasteiger charge is 2.61. The molecule has 0 spiro atoms. The Morgan fingerprint density at radius 3 is 1.77 bits per heavy atom. The molecule has 0 unspecified atom stereocenters. The zero-order valence-electron chi connectivity index (χ0n) is 22.9. The van der Waals surface area contributed by atoms with Crippen molar-refractivity contribution in [3.05, 3.63) is 108 Å². The lowest BCUT2D eigenvalue weighted by atomic mass is 9.77. The van der Waals surface area contributed by atoms with Crippen molar-refractivity contribution < 1.29 is 28.8 Å². The van der Waals surface area contributed by atoms with Crippen molar-refractivity contribution in [1.82, 2.24) is 0 Å². The van der Waals surface area contributed by atoms with Crippen molar-refractivity contribution in [1.29, 1.82) is 0 Å². The van der Waals surface area contributed by atoms with Gasteiger partial charge >= 0.3 is 0 Å². The highest BCUT2D eigenvalue weighted by atomic mass is 16.8. The van der Waals surface area contributed by atoms with Crippen LogP contribution in [-0.4, -0.2) is 47.5 Å². The normalized spacial score (nSPS) is 27.8. The van der Waals surface area contributed by atoms with Crippen LogP contribution in [0.1, 0.15) is 49.8 Å². The van der Waals surface area contributed by atoms with Crippen LogP contribution in [0.3, 0.4) is 0 Å². The van der Waals surface area contributed by atoms with Gasteiger partial charge in [-0.05, 0) is 29.5 Å². The van der Waals surface area contributed by atoms with E-state index in [0.29, 0.717) is 39.1 Å². The van der Waals surface area contributed by atoms with E-state index >= 15 is 0 Å². The second-order valence-electron chi connectivity index (χ2n) is 10.6. The van der Waals surface area contributed by atoms with Gasteiger partial charge in [0, 0.05) is 6.42 Å². The van der Waals surface area contributed by atoms with Crippen LogP contribution >= 0.6 is 0 Å². The van der Waals surface area contributed by atoms with Gasteiger partial charge in [0.15, 0.2) is 5.79 Å². The van der Waals surface area contributed by atoms with E-state index in [1.165, 1.54) is 0 Å². The molecule has 1 saturated carbocycles. The van der Waals surface area contributed by atoms with Crippen LogP contribution in [-0.2, 0) is 43.5 Å². The van der Waals surface area contributed by atoms with E-state index in [9.17, 15) is 5.11 Å². The minimum atomic E-state index is -1.34. The lowest BCUT2D eigenvalue weighted by molar-refractivity contribution is -0.248. The summed E-state index contributed by atoms with van der Waals surface area (Å²) in [6.45, 7) is 5.32. The highest BCUT2D eigenvalue weighted by Crippen LogP contribution is 2.46. The molecule has 0 radical (unpaired) electrons. The third-order valence-corrected chi connectivity index (χ3v) is 7.89. The number of aliphatic hydroxyl groups is 1. The third kappa shape index (κ3) is 6.60. The standard InChI is InChI=1S/C33H40O6/c1-3-33(4-2)38-28-20-32(34,24-35-21-25-14-8-5-9-15-25)31(37-23-27-18-12-7-13-19-27)30(29(28)39-33)36-22-26-16-10-6-11-17-26/h5-19,28-31,34H,3-4,20-24H2,1-2H3/t28-,29-,30-,31+,32+/m1/s1. The van der Waals surface area contributed by atoms with Gasteiger partial charge in [-0.1, -0.05) is 105 Å². The van der Waals surface area contributed by atoms with Crippen LogP contribution < -0.4 is 0 Å². The Morgan fingerprint density at radius 1 is 0.718 bits per heavy atom. The smallest absolute Gasteiger partial charge is 0.168 e. The van der Waals surface area contributed by atoms with Gasteiger partial charge in [0.1, 0.15) is 23.9 Å². The summed E-state index contributed by atoms with van der Waals surface area (Å²) >= 11 is 0. The van der Waals surface area contributed by atoms with Crippen molar-refractivity contribution >= 4 is 0 Å². The Kier molecular flexibility index (Phi) is 9.13. The fraction of sp³-hybridized carbons (Fsp3) is 0.455. The number of ether oxygens (including phenoxy) is 5. The summed E-state index contributed by atoms with van der Waals surface area (Å²) in [4.78, 5) is 0. The first-order valence-corrected chi connectivity index (χ1v) is 14.0. The van der Waals surface area contributed by atoms with Crippen molar-refractivity contribution in [2.75, 3.05) is 6.61 Å². The molecule has 39 heavy (non-hydrogen) atoms. The van der Waals surface area contributed by atoms with Crippen LogP contribution in [0.4, 0.5) is 0 Å². The topological polar surface area (TPSA) is 66.4 Å². The number of rotatable bonds is 12. The molecule has 2 fully saturated rings. The molecular weight excluding hydrogens is 492 g/mol. The largest absolute Gasteiger partial charge is 0.385 e. The summed E-state index contributed by atoms with van der Waals surface area (Å²) < 4.78 is 32.4. The molecule has 0 aromatic heterocycles. The SMILES string of the molecule is CCC1(CC)O[C@H]2[C@@H](OCc3ccccc3)[C@H](OCc3ccccc3)[C@@](O)(COCc3ccccc3)C[C@H]2O1. The van der Waals surface area contributed by atoms with Crippen molar-refractivity contribution in [3.8, 4) is 0 Å². The molecule has 6 nitrogen and oxygen atoms in total. The Hall–Kier alpha value is -2.58. The molecule has 5 atom stereocenters. The molecular formula is C33H40O6. The minimum absolute atomic E-state index is 0.0877. The maximum absolute atomic E-state index is 12.3. The first kappa shape index (κ1) is 28.0. The predicted octanol–water partition coefficient (Wildman–Crippen LogP) is 5.81. The molecule has 0 bridgehead atoms. The summed E-state index contributed by atoms with van der Waals surface area (Å²) in [5.41, 5.74) is 1.77. The van der Waals surface area contributed by atoms with E-state index in [-0.39, 0.29) is 18.8 Å². The molecule has 0 amide bonds. The monoisotopic (exact) mass is 532 g/mol. The molecule has 3 aromatic carbocycles. The lowest BCUT2D eigenvalue weighted by Gasteiger charge is -2.47. The summed E-state index contributed by atoms with van der Waals surface area (Å²) in [5.74, 6) is -0.705. The molecule has 3 aromatic rings. The van der Waals surface area contributed by atoms with Gasteiger partial charge in [-0.2, -0.15) is 0 Å². The van der Waals surface area contributed by atoms with E-state index in [4.69, 9.17) is 23.7 Å². The van der Waals surface area contributed by atoms with Crippen molar-refractivity contribution in [3.63, 3.8) is 0 Å². The molecule has 2 aliphatic rings. The number of benzene rings is 3. The van der Waals surface area contributed by atoms with Crippen LogP contribution in [0.25, 0.3) is 0 Å². The molecule has 1 aliphatic heterocycles. The maximum Gasteiger partial charge on any atom is 0.168 e. The fourth-order valence-corrected chi connectivity index (χ4v) is 5.68. The maximum atomic E-state index is 12.3. The van der Waals surface area contributed by atoms with Gasteiger partial charge in [-0.3, -0.25) is 0 Å². The average Bonchev–Trinajstić information content (AvgIpc) is 3.35. The average molecular weight is 533 g/mol. The Labute approximate surface area is 231 Å². The van der Waals surface area contributed by atoms with Crippen LogP contribution in [0.5, 0.6) is 0 Å². The number of hydrogen-bond donors (Lipinski definition) is 1.